The number of carbonyl (C=O) groups is 1. The van der Waals surface area contributed by atoms with Gasteiger partial charge in [-0.25, -0.2) is 0 Å². The zero-order valence-electron chi connectivity index (χ0n) is 9.28. The van der Waals surface area contributed by atoms with Crippen molar-refractivity contribution in [2.45, 2.75) is 20.0 Å². The van der Waals surface area contributed by atoms with Crippen LogP contribution in [0.2, 0.25) is 13.1 Å². The first-order valence-electron chi connectivity index (χ1n) is 4.85. The number of hydrogen-bond acceptors (Lipinski definition) is 3. The second-order valence-electron chi connectivity index (χ2n) is 4.19. The average molecular weight is 224 g/mol. The van der Waals surface area contributed by atoms with Crippen LogP contribution in [0.1, 0.15) is 17.3 Å². The minimum Gasteiger partial charge on any atom is -0.494 e. The predicted molar refractivity (Wildman–Crippen MR) is 61.6 cm³/mol. The molecule has 15 heavy (non-hydrogen) atoms. The Labute approximate surface area is 90.8 Å². The third-order valence-electron chi connectivity index (χ3n) is 1.83. The monoisotopic (exact) mass is 224 g/mol. The van der Waals surface area contributed by atoms with Gasteiger partial charge in [-0.3, -0.25) is 4.79 Å². The van der Waals surface area contributed by atoms with Crippen LogP contribution in [-0.4, -0.2) is 25.1 Å². The third-order valence-corrected chi connectivity index (χ3v) is 2.68. The number of ether oxygens (including phenoxy) is 1. The van der Waals surface area contributed by atoms with Crippen molar-refractivity contribution in [2.75, 3.05) is 6.23 Å². The molecule has 0 amide bonds. The number of rotatable bonds is 4. The first kappa shape index (κ1) is 11.9. The highest BCUT2D eigenvalue weighted by molar-refractivity contribution is 6.69. The van der Waals surface area contributed by atoms with Gasteiger partial charge < -0.3 is 9.53 Å². The van der Waals surface area contributed by atoms with Crippen molar-refractivity contribution in [3.05, 3.63) is 29.8 Å². The molecule has 1 rings (SSSR count). The van der Waals surface area contributed by atoms with Gasteiger partial charge in [-0.15, -0.1) is 0 Å². The fourth-order valence-electron chi connectivity index (χ4n) is 1.06. The van der Waals surface area contributed by atoms with Gasteiger partial charge in [-0.05, 0) is 32.2 Å². The van der Waals surface area contributed by atoms with E-state index >= 15 is 0 Å². The molecule has 0 aliphatic rings. The zero-order chi connectivity index (χ0) is 11.5. The molecule has 3 nitrogen and oxygen atoms in total. The largest absolute Gasteiger partial charge is 0.494 e. The van der Waals surface area contributed by atoms with Gasteiger partial charge >= 0.3 is 0 Å². The fourth-order valence-corrected chi connectivity index (χ4v) is 1.58. The first-order valence-corrected chi connectivity index (χ1v) is 8.00. The molecule has 1 N–H and O–H groups in total. The summed E-state index contributed by atoms with van der Waals surface area (Å²) in [5, 5.41) is 0. The Morgan fingerprint density at radius 3 is 2.67 bits per heavy atom. The molecule has 82 valence electrons. The number of ketones is 1. The van der Waals surface area contributed by atoms with Gasteiger partial charge in [0, 0.05) is 5.56 Å². The molecule has 0 saturated carbocycles. The van der Waals surface area contributed by atoms with Crippen molar-refractivity contribution in [3.8, 4) is 5.75 Å². The van der Waals surface area contributed by atoms with Crippen LogP contribution >= 0.6 is 0 Å². The predicted octanol–water partition coefficient (Wildman–Crippen LogP) is 2.00. The lowest BCUT2D eigenvalue weighted by Gasteiger charge is -2.15. The summed E-state index contributed by atoms with van der Waals surface area (Å²) in [4.78, 5) is 20.7. The Bertz CT molecular complexity index is 355. The van der Waals surface area contributed by atoms with E-state index in [0.717, 1.165) is 0 Å². The summed E-state index contributed by atoms with van der Waals surface area (Å²) in [6, 6.07) is 7.00. The van der Waals surface area contributed by atoms with Gasteiger partial charge in [0.1, 0.15) is 12.0 Å². The Morgan fingerprint density at radius 2 is 2.13 bits per heavy atom. The van der Waals surface area contributed by atoms with Crippen molar-refractivity contribution >= 4 is 14.1 Å². The number of Topliss-reactive ketones (excluding diaryl/α,β-unsaturated/α-hetero) is 1. The maximum Gasteiger partial charge on any atom is 0.220 e. The summed E-state index contributed by atoms with van der Waals surface area (Å²) in [5.41, 5.74) is 0.630. The van der Waals surface area contributed by atoms with Crippen LogP contribution in [0.25, 0.3) is 0 Å². The van der Waals surface area contributed by atoms with Crippen LogP contribution in [0, 0.1) is 0 Å². The van der Waals surface area contributed by atoms with E-state index < -0.39 is 8.32 Å². The first-order chi connectivity index (χ1) is 6.88. The fraction of sp³-hybridized carbons (Fsp3) is 0.364. The van der Waals surface area contributed by atoms with Gasteiger partial charge in [0.2, 0.25) is 8.32 Å². The second-order valence-corrected chi connectivity index (χ2v) is 8.10. The maximum atomic E-state index is 11.1. The normalized spacial score (nSPS) is 11.2. The zero-order valence-corrected chi connectivity index (χ0v) is 10.3. The molecular weight excluding hydrogens is 208 g/mol. The Kier molecular flexibility index (Phi) is 3.65. The number of benzene rings is 1. The standard InChI is InChI=1S/C11H16O3Si/c1-9(12)10-5-4-6-11(7-10)14-8-15(2,3)13/h4-7,13H,8H2,1-3H3. The van der Waals surface area contributed by atoms with E-state index in [1.54, 1.807) is 24.3 Å². The highest BCUT2D eigenvalue weighted by Crippen LogP contribution is 2.14. The quantitative estimate of drug-likeness (QED) is 0.628. The molecule has 0 fully saturated rings. The molecule has 0 spiro atoms. The summed E-state index contributed by atoms with van der Waals surface area (Å²) in [6.07, 6.45) is 0.342. The molecule has 0 heterocycles. The molecule has 1 aromatic carbocycles. The highest BCUT2D eigenvalue weighted by atomic mass is 28.4. The van der Waals surface area contributed by atoms with Gasteiger partial charge in [0.15, 0.2) is 5.78 Å². The van der Waals surface area contributed by atoms with E-state index in [9.17, 15) is 9.59 Å². The van der Waals surface area contributed by atoms with Crippen LogP contribution < -0.4 is 4.74 Å². The smallest absolute Gasteiger partial charge is 0.220 e. The van der Waals surface area contributed by atoms with Crippen molar-refractivity contribution in [2.24, 2.45) is 0 Å². The van der Waals surface area contributed by atoms with E-state index in [-0.39, 0.29) is 5.78 Å². The maximum absolute atomic E-state index is 11.1. The molecular formula is C11H16O3Si. The van der Waals surface area contributed by atoms with Crippen LogP contribution in [-0.2, 0) is 0 Å². The summed E-state index contributed by atoms with van der Waals surface area (Å²) in [6.45, 7) is 5.13. The average Bonchev–Trinajstić information content (AvgIpc) is 2.14. The van der Waals surface area contributed by atoms with Crippen molar-refractivity contribution in [1.82, 2.24) is 0 Å². The minimum absolute atomic E-state index is 0.0148. The summed E-state index contributed by atoms with van der Waals surface area (Å²) < 4.78 is 5.42. The molecule has 0 bridgehead atoms. The number of hydrogen-bond donors (Lipinski definition) is 1. The lowest BCUT2D eigenvalue weighted by atomic mass is 10.1. The Balaban J connectivity index is 2.70. The highest BCUT2D eigenvalue weighted by Gasteiger charge is 2.17. The van der Waals surface area contributed by atoms with E-state index in [0.29, 0.717) is 17.5 Å². The molecule has 0 aromatic heterocycles. The second kappa shape index (κ2) is 4.59. The molecule has 0 aliphatic carbocycles. The molecule has 0 unspecified atom stereocenters. The SMILES string of the molecule is CC(=O)c1cccc(OC[Si](C)(C)O)c1. The summed E-state index contributed by atoms with van der Waals surface area (Å²) in [5.74, 6) is 0.651. The molecule has 0 radical (unpaired) electrons. The minimum atomic E-state index is -2.19. The van der Waals surface area contributed by atoms with Gasteiger partial charge in [-0.1, -0.05) is 12.1 Å². The third kappa shape index (κ3) is 4.27. The van der Waals surface area contributed by atoms with E-state index in [1.165, 1.54) is 6.92 Å². The summed E-state index contributed by atoms with van der Waals surface area (Å²) >= 11 is 0. The lowest BCUT2D eigenvalue weighted by Crippen LogP contribution is -2.34. The van der Waals surface area contributed by atoms with Crippen molar-refractivity contribution in [3.63, 3.8) is 0 Å². The Hall–Kier alpha value is -1.13. The van der Waals surface area contributed by atoms with Crippen LogP contribution in [0.5, 0.6) is 5.75 Å². The van der Waals surface area contributed by atoms with Gasteiger partial charge in [0.25, 0.3) is 0 Å². The van der Waals surface area contributed by atoms with Crippen LogP contribution in [0.3, 0.4) is 0 Å². The number of carbonyl (C=O) groups excluding carboxylic acids is 1. The Morgan fingerprint density at radius 1 is 1.47 bits per heavy atom. The molecule has 0 atom stereocenters. The van der Waals surface area contributed by atoms with Gasteiger partial charge in [-0.2, -0.15) is 0 Å². The van der Waals surface area contributed by atoms with E-state index in [4.69, 9.17) is 4.74 Å². The molecule has 4 heteroatoms. The topological polar surface area (TPSA) is 46.5 Å². The molecule has 0 saturated heterocycles. The molecule has 1 aromatic rings. The summed E-state index contributed by atoms with van der Waals surface area (Å²) in [7, 11) is -2.19. The van der Waals surface area contributed by atoms with Gasteiger partial charge in [0.05, 0.1) is 0 Å². The van der Waals surface area contributed by atoms with Crippen LogP contribution in [0.4, 0.5) is 0 Å². The van der Waals surface area contributed by atoms with Crippen LogP contribution in [0.15, 0.2) is 24.3 Å². The van der Waals surface area contributed by atoms with Crippen molar-refractivity contribution < 1.29 is 14.3 Å². The van der Waals surface area contributed by atoms with E-state index in [1.807, 2.05) is 13.1 Å². The van der Waals surface area contributed by atoms with E-state index in [2.05, 4.69) is 0 Å². The molecule has 0 aliphatic heterocycles. The van der Waals surface area contributed by atoms with Crippen molar-refractivity contribution in [1.29, 1.82) is 0 Å². The lowest BCUT2D eigenvalue weighted by molar-refractivity contribution is 0.101.